The van der Waals surface area contributed by atoms with Gasteiger partial charge in [0.2, 0.25) is 0 Å². The summed E-state index contributed by atoms with van der Waals surface area (Å²) in [6.45, 7) is 1.91. The average molecular weight is 350 g/mol. The maximum atomic E-state index is 12.9. The van der Waals surface area contributed by atoms with Crippen LogP contribution in [-0.2, 0) is 6.42 Å². The Kier molecular flexibility index (Phi) is 4.42. The minimum atomic E-state index is -0.262. The van der Waals surface area contributed by atoms with Gasteiger partial charge >= 0.3 is 0 Å². The van der Waals surface area contributed by atoms with Gasteiger partial charge in [-0.2, -0.15) is 0 Å². The highest BCUT2D eigenvalue weighted by atomic mass is 16.3. The molecular weight excluding hydrogens is 328 g/mol. The van der Waals surface area contributed by atoms with Crippen molar-refractivity contribution in [1.82, 2.24) is 19.7 Å². The van der Waals surface area contributed by atoms with E-state index in [1.54, 1.807) is 12.3 Å². The van der Waals surface area contributed by atoms with E-state index in [0.29, 0.717) is 30.5 Å². The molecule has 1 fully saturated rings. The highest BCUT2D eigenvalue weighted by molar-refractivity contribution is 6.00. The molecule has 0 aromatic carbocycles. The van der Waals surface area contributed by atoms with Crippen LogP contribution >= 0.6 is 0 Å². The van der Waals surface area contributed by atoms with Crippen molar-refractivity contribution in [3.63, 3.8) is 0 Å². The van der Waals surface area contributed by atoms with Gasteiger partial charge in [0.05, 0.1) is 17.4 Å². The minimum Gasteiger partial charge on any atom is -0.393 e. The molecule has 1 atom stereocenters. The quantitative estimate of drug-likeness (QED) is 0.739. The van der Waals surface area contributed by atoms with Crippen molar-refractivity contribution in [3.05, 3.63) is 65.9 Å². The second kappa shape index (κ2) is 6.88. The summed E-state index contributed by atoms with van der Waals surface area (Å²) >= 11 is 0. The van der Waals surface area contributed by atoms with Crippen molar-refractivity contribution in [2.75, 3.05) is 0 Å². The van der Waals surface area contributed by atoms with E-state index >= 15 is 0 Å². The van der Waals surface area contributed by atoms with Gasteiger partial charge in [0.25, 0.3) is 5.91 Å². The van der Waals surface area contributed by atoms with E-state index in [4.69, 9.17) is 0 Å². The second-order valence-electron chi connectivity index (χ2n) is 7.03. The van der Waals surface area contributed by atoms with Crippen molar-refractivity contribution in [1.29, 1.82) is 0 Å². The van der Waals surface area contributed by atoms with Crippen LogP contribution in [0, 0.1) is 12.8 Å². The lowest BCUT2D eigenvalue weighted by Crippen LogP contribution is -2.48. The fourth-order valence-electron chi connectivity index (χ4n) is 3.60. The lowest BCUT2D eigenvalue weighted by atomic mass is 9.76. The summed E-state index contributed by atoms with van der Waals surface area (Å²) in [5.41, 5.74) is 3.03. The first-order valence-corrected chi connectivity index (χ1v) is 8.93. The van der Waals surface area contributed by atoms with Gasteiger partial charge in [-0.05, 0) is 49.9 Å². The number of hydrogen-bond donors (Lipinski definition) is 2. The maximum Gasteiger partial charge on any atom is 0.255 e. The molecule has 0 spiro atoms. The van der Waals surface area contributed by atoms with Crippen LogP contribution in [-0.4, -0.2) is 37.5 Å². The van der Waals surface area contributed by atoms with Gasteiger partial charge in [-0.3, -0.25) is 9.78 Å². The van der Waals surface area contributed by atoms with Gasteiger partial charge in [0, 0.05) is 36.7 Å². The minimum absolute atomic E-state index is 0.0582. The Balaban J connectivity index is 1.57. The summed E-state index contributed by atoms with van der Waals surface area (Å²) in [6.07, 6.45) is 7.37. The van der Waals surface area contributed by atoms with E-state index in [-0.39, 0.29) is 24.0 Å². The van der Waals surface area contributed by atoms with Crippen molar-refractivity contribution in [3.8, 4) is 0 Å². The molecule has 1 unspecified atom stereocenters. The number of aryl methyl sites for hydroxylation is 1. The molecule has 1 amide bonds. The number of aliphatic hydroxyl groups excluding tert-OH is 1. The zero-order valence-corrected chi connectivity index (χ0v) is 14.7. The first-order valence-electron chi connectivity index (χ1n) is 8.93. The number of carbonyl (C=O) groups is 1. The largest absolute Gasteiger partial charge is 0.393 e. The van der Waals surface area contributed by atoms with Crippen LogP contribution in [0.3, 0.4) is 0 Å². The van der Waals surface area contributed by atoms with Gasteiger partial charge in [-0.1, -0.05) is 6.07 Å². The van der Waals surface area contributed by atoms with Crippen LogP contribution in [0.2, 0.25) is 0 Å². The summed E-state index contributed by atoms with van der Waals surface area (Å²) in [5.74, 6) is 0.126. The Morgan fingerprint density at radius 3 is 2.92 bits per heavy atom. The molecule has 134 valence electrons. The molecule has 4 rings (SSSR count). The Morgan fingerprint density at radius 2 is 2.19 bits per heavy atom. The second-order valence-corrected chi connectivity index (χ2v) is 7.03. The molecule has 3 aromatic heterocycles. The van der Waals surface area contributed by atoms with E-state index in [2.05, 4.69) is 15.3 Å². The number of rotatable bonds is 5. The van der Waals surface area contributed by atoms with Crippen molar-refractivity contribution in [2.45, 2.75) is 38.3 Å². The molecule has 1 saturated carbocycles. The predicted molar refractivity (Wildman–Crippen MR) is 97.9 cm³/mol. The Morgan fingerprint density at radius 1 is 1.35 bits per heavy atom. The highest BCUT2D eigenvalue weighted by Gasteiger charge is 2.35. The van der Waals surface area contributed by atoms with Gasteiger partial charge in [0.1, 0.15) is 5.65 Å². The molecule has 1 aliphatic rings. The first kappa shape index (κ1) is 16.7. The third-order valence-corrected chi connectivity index (χ3v) is 5.04. The smallest absolute Gasteiger partial charge is 0.255 e. The molecule has 3 heterocycles. The number of imidazole rings is 1. The third kappa shape index (κ3) is 3.32. The van der Waals surface area contributed by atoms with Crippen molar-refractivity contribution >= 4 is 11.6 Å². The number of aliphatic hydroxyl groups is 1. The molecule has 0 bridgehead atoms. The van der Waals surface area contributed by atoms with Crippen molar-refractivity contribution in [2.24, 2.45) is 5.92 Å². The van der Waals surface area contributed by atoms with Crippen LogP contribution in [0.25, 0.3) is 5.65 Å². The molecule has 0 saturated heterocycles. The number of nitrogens with zero attached hydrogens (tertiary/aromatic N) is 3. The van der Waals surface area contributed by atoms with E-state index in [1.807, 2.05) is 48.0 Å². The van der Waals surface area contributed by atoms with Crippen LogP contribution in [0.15, 0.2) is 48.9 Å². The van der Waals surface area contributed by atoms with Gasteiger partial charge in [-0.15, -0.1) is 0 Å². The number of amides is 1. The van der Waals surface area contributed by atoms with E-state index in [9.17, 15) is 9.90 Å². The lowest BCUT2D eigenvalue weighted by molar-refractivity contribution is 0.0238. The molecule has 0 radical (unpaired) electrons. The highest BCUT2D eigenvalue weighted by Crippen LogP contribution is 2.31. The average Bonchev–Trinajstić information content (AvgIpc) is 2.99. The Labute approximate surface area is 151 Å². The zero-order chi connectivity index (χ0) is 18.1. The fourth-order valence-corrected chi connectivity index (χ4v) is 3.60. The number of nitrogens with one attached hydrogen (secondary N) is 1. The van der Waals surface area contributed by atoms with Gasteiger partial charge in [-0.25, -0.2) is 4.98 Å². The molecule has 1 aliphatic carbocycles. The monoisotopic (exact) mass is 350 g/mol. The molecular formula is C20H22N4O2. The molecule has 6 nitrogen and oxygen atoms in total. The number of pyridine rings is 2. The van der Waals surface area contributed by atoms with E-state index in [1.165, 1.54) is 0 Å². The topological polar surface area (TPSA) is 79.5 Å². The fraction of sp³-hybridized carbons (Fsp3) is 0.350. The molecule has 2 N–H and O–H groups in total. The molecule has 0 aliphatic heterocycles. The molecule has 6 heteroatoms. The van der Waals surface area contributed by atoms with Gasteiger partial charge < -0.3 is 14.8 Å². The van der Waals surface area contributed by atoms with Crippen LogP contribution in [0.4, 0.5) is 0 Å². The molecule has 26 heavy (non-hydrogen) atoms. The van der Waals surface area contributed by atoms with Crippen LogP contribution < -0.4 is 5.32 Å². The standard InChI is InChI=1S/C20H22N4O2/c1-13-12-24-8-4-6-17(19(24)22-13)20(26)23-18(14-9-16(25)10-14)11-15-5-2-3-7-21-15/h2-8,12,14,16,18,25H,9-11H2,1H3,(H,23,26). The van der Waals surface area contributed by atoms with Gasteiger partial charge in [0.15, 0.2) is 0 Å². The number of fused-ring (bicyclic) bond motifs is 1. The number of hydrogen-bond acceptors (Lipinski definition) is 4. The third-order valence-electron chi connectivity index (χ3n) is 5.04. The maximum absolute atomic E-state index is 12.9. The number of aromatic nitrogens is 3. The molecule has 3 aromatic rings. The normalized spacial score (nSPS) is 20.5. The van der Waals surface area contributed by atoms with E-state index < -0.39 is 0 Å². The lowest BCUT2D eigenvalue weighted by Gasteiger charge is -2.38. The van der Waals surface area contributed by atoms with Crippen LogP contribution in [0.5, 0.6) is 0 Å². The first-order chi connectivity index (χ1) is 12.6. The summed E-state index contributed by atoms with van der Waals surface area (Å²) in [6, 6.07) is 9.38. The SMILES string of the molecule is Cc1cn2cccc(C(=O)NC(Cc3ccccn3)C3CC(O)C3)c2n1. The zero-order valence-electron chi connectivity index (χ0n) is 14.7. The van der Waals surface area contributed by atoms with Crippen LogP contribution in [0.1, 0.15) is 34.6 Å². The van der Waals surface area contributed by atoms with Crippen molar-refractivity contribution < 1.29 is 9.90 Å². The predicted octanol–water partition coefficient (Wildman–Crippen LogP) is 2.15. The van der Waals surface area contributed by atoms with E-state index in [0.717, 1.165) is 11.4 Å². The Bertz CT molecular complexity index is 916. The Hall–Kier alpha value is -2.73. The number of carbonyl (C=O) groups excluding carboxylic acids is 1. The summed E-state index contributed by atoms with van der Waals surface area (Å²) < 4.78 is 1.87. The summed E-state index contributed by atoms with van der Waals surface area (Å²) in [4.78, 5) is 21.8. The summed E-state index contributed by atoms with van der Waals surface area (Å²) in [5, 5.41) is 12.8. The summed E-state index contributed by atoms with van der Waals surface area (Å²) in [7, 11) is 0.